The van der Waals surface area contributed by atoms with E-state index in [4.69, 9.17) is 0 Å². The zero-order chi connectivity index (χ0) is 31.5. The monoisotopic (exact) mass is 636 g/mol. The molecule has 1 aromatic heterocycles. The highest BCUT2D eigenvalue weighted by molar-refractivity contribution is 7.92. The molecule has 2 amide bonds. The Balaban J connectivity index is 1.20. The van der Waals surface area contributed by atoms with Crippen molar-refractivity contribution in [2.45, 2.75) is 128 Å². The number of hydrogen-bond donors (Lipinski definition) is 4. The maximum absolute atomic E-state index is 12.8. The summed E-state index contributed by atoms with van der Waals surface area (Å²) in [6, 6.07) is 2.71. The molecule has 4 aliphatic carbocycles. The summed E-state index contributed by atoms with van der Waals surface area (Å²) in [5, 5.41) is 25.3. The van der Waals surface area contributed by atoms with Crippen LogP contribution in [0.3, 0.4) is 0 Å². The summed E-state index contributed by atoms with van der Waals surface area (Å²) in [5.41, 5.74) is 0.204. The zero-order valence-electron chi connectivity index (χ0n) is 27.4. The molecule has 7 nitrogen and oxygen atoms in total. The van der Waals surface area contributed by atoms with Gasteiger partial charge < -0.3 is 15.5 Å². The third-order valence-corrected chi connectivity index (χ3v) is 16.2. The normalized spacial score (nSPS) is 40.2. The number of aliphatic hydroxyl groups is 2. The van der Waals surface area contributed by atoms with Gasteiger partial charge in [-0.2, -0.15) is 0 Å². The highest BCUT2D eigenvalue weighted by Gasteiger charge is 2.64. The minimum atomic E-state index is -3.91. The maximum atomic E-state index is 12.8. The Kier molecular flexibility index (Phi) is 9.18. The van der Waals surface area contributed by atoms with Gasteiger partial charge >= 0.3 is 6.03 Å². The molecule has 1 heterocycles. The molecular formula is C34H56N2O5S2. The average molecular weight is 637 g/mol. The van der Waals surface area contributed by atoms with E-state index in [2.05, 4.69) is 37.7 Å². The van der Waals surface area contributed by atoms with Crippen molar-refractivity contribution in [3.63, 3.8) is 0 Å². The molecule has 4 fully saturated rings. The molecule has 4 saturated carbocycles. The van der Waals surface area contributed by atoms with Gasteiger partial charge in [0.2, 0.25) is 0 Å². The van der Waals surface area contributed by atoms with E-state index in [0.29, 0.717) is 42.1 Å². The predicted molar refractivity (Wildman–Crippen MR) is 172 cm³/mol. The van der Waals surface area contributed by atoms with Crippen LogP contribution >= 0.6 is 11.3 Å². The van der Waals surface area contributed by atoms with Crippen molar-refractivity contribution in [1.29, 1.82) is 0 Å². The van der Waals surface area contributed by atoms with E-state index in [1.165, 1.54) is 17.8 Å². The third-order valence-electron chi connectivity index (χ3n) is 12.8. The molecule has 4 aliphatic rings. The molecule has 11 atom stereocenters. The zero-order valence-corrected chi connectivity index (χ0v) is 29.0. The lowest BCUT2D eigenvalue weighted by Gasteiger charge is -2.64. The van der Waals surface area contributed by atoms with Crippen LogP contribution in [0, 0.1) is 52.3 Å². The minimum Gasteiger partial charge on any atom is -0.393 e. The van der Waals surface area contributed by atoms with E-state index in [1.807, 2.05) is 26.8 Å². The summed E-state index contributed by atoms with van der Waals surface area (Å²) in [7, 11) is -3.91. The summed E-state index contributed by atoms with van der Waals surface area (Å²) in [6.45, 7) is 16.0. The van der Waals surface area contributed by atoms with Crippen molar-refractivity contribution in [2.75, 3.05) is 6.54 Å². The van der Waals surface area contributed by atoms with Crippen molar-refractivity contribution in [1.82, 2.24) is 10.0 Å². The standard InChI is InChI=1S/C34H56N2O5S2/c1-8-22-26-19-21(37)13-16-34(26,7)25-14-17-33(6)23(9-10-24(33)29(25)30(22)38)20(2)15-18-35-31(39)36-43(40,41)28-12-11-27(42-28)32(3,4)5/h11-12,20-26,29-30,37-38H,8-10,13-19H2,1-7H3,(H2,35,36,39)/t20-,21-,22-,23-,24+,25+,26+,29?,30-,33?,34-/m1/s1. The van der Waals surface area contributed by atoms with Crippen molar-refractivity contribution in [3.8, 4) is 0 Å². The number of carbonyl (C=O) groups excluding carboxylic acids is 1. The number of thiophene rings is 1. The first-order valence-electron chi connectivity index (χ1n) is 16.8. The summed E-state index contributed by atoms with van der Waals surface area (Å²) in [6.07, 6.45) is 8.63. The summed E-state index contributed by atoms with van der Waals surface area (Å²) >= 11 is 1.20. The van der Waals surface area contributed by atoms with Crippen LogP contribution < -0.4 is 10.0 Å². The molecule has 244 valence electrons. The number of aliphatic hydroxyl groups excluding tert-OH is 2. The quantitative estimate of drug-likeness (QED) is 0.266. The van der Waals surface area contributed by atoms with E-state index in [1.54, 1.807) is 6.07 Å². The number of amides is 2. The fourth-order valence-corrected chi connectivity index (χ4v) is 12.9. The highest BCUT2D eigenvalue weighted by atomic mass is 32.2. The van der Waals surface area contributed by atoms with Gasteiger partial charge in [-0.05, 0) is 121 Å². The fraction of sp³-hybridized carbons (Fsp3) is 0.853. The van der Waals surface area contributed by atoms with E-state index in [0.717, 1.165) is 56.2 Å². The Morgan fingerprint density at radius 1 is 1.05 bits per heavy atom. The molecule has 0 radical (unpaired) electrons. The van der Waals surface area contributed by atoms with Gasteiger partial charge in [0.1, 0.15) is 4.21 Å². The number of nitrogens with one attached hydrogen (secondary N) is 2. The van der Waals surface area contributed by atoms with E-state index in [-0.39, 0.29) is 38.6 Å². The summed E-state index contributed by atoms with van der Waals surface area (Å²) in [4.78, 5) is 13.6. The molecule has 9 heteroatoms. The van der Waals surface area contributed by atoms with Crippen LogP contribution in [0.2, 0.25) is 0 Å². The van der Waals surface area contributed by atoms with Gasteiger partial charge in [0.25, 0.3) is 10.0 Å². The van der Waals surface area contributed by atoms with Crippen LogP contribution in [-0.4, -0.2) is 43.4 Å². The fourth-order valence-electron chi connectivity index (χ4n) is 10.6. The van der Waals surface area contributed by atoms with E-state index in [9.17, 15) is 23.4 Å². The Bertz CT molecular complexity index is 1270. The second-order valence-electron chi connectivity index (χ2n) is 16.1. The number of carbonyl (C=O) groups is 1. The van der Waals surface area contributed by atoms with Crippen LogP contribution in [0.15, 0.2) is 16.3 Å². The van der Waals surface area contributed by atoms with Gasteiger partial charge in [0.15, 0.2) is 0 Å². The number of hydrogen-bond acceptors (Lipinski definition) is 6. The van der Waals surface area contributed by atoms with Gasteiger partial charge in [0.05, 0.1) is 12.2 Å². The topological polar surface area (TPSA) is 116 Å². The molecule has 0 aromatic carbocycles. The number of rotatable bonds is 7. The molecular weight excluding hydrogens is 581 g/mol. The number of urea groups is 1. The van der Waals surface area contributed by atoms with Crippen LogP contribution in [0.5, 0.6) is 0 Å². The minimum absolute atomic E-state index is 0.154. The van der Waals surface area contributed by atoms with E-state index >= 15 is 0 Å². The van der Waals surface area contributed by atoms with Crippen LogP contribution in [-0.2, 0) is 15.4 Å². The first kappa shape index (κ1) is 33.2. The first-order valence-corrected chi connectivity index (χ1v) is 19.1. The Morgan fingerprint density at radius 2 is 1.72 bits per heavy atom. The number of sulfonamides is 1. The SMILES string of the molecule is CC[C@H]1[C@@H](O)C2[C@@H]3CC[C@H]([C@H](C)CCNC(=O)NS(=O)(=O)c4ccc(C(C)(C)C)s4)C3(C)CC[C@@H]2[C@@]2(C)CC[C@@H](O)C[C@@H]12. The van der Waals surface area contributed by atoms with Gasteiger partial charge in [-0.1, -0.05) is 54.9 Å². The Hall–Kier alpha value is -1.16. The second-order valence-corrected chi connectivity index (χ2v) is 19.1. The van der Waals surface area contributed by atoms with Crippen LogP contribution in [0.25, 0.3) is 0 Å². The lowest BCUT2D eigenvalue weighted by Crippen LogP contribution is -2.62. The largest absolute Gasteiger partial charge is 0.393 e. The van der Waals surface area contributed by atoms with Gasteiger partial charge in [-0.25, -0.2) is 17.9 Å². The van der Waals surface area contributed by atoms with E-state index < -0.39 is 16.1 Å². The summed E-state index contributed by atoms with van der Waals surface area (Å²) < 4.78 is 28.0. The Morgan fingerprint density at radius 3 is 2.37 bits per heavy atom. The van der Waals surface area contributed by atoms with Crippen molar-refractivity contribution in [2.24, 2.45) is 52.3 Å². The average Bonchev–Trinajstić information content (AvgIpc) is 3.56. The third kappa shape index (κ3) is 5.94. The van der Waals surface area contributed by atoms with Crippen molar-refractivity contribution < 1.29 is 23.4 Å². The van der Waals surface area contributed by atoms with Gasteiger partial charge in [-0.3, -0.25) is 0 Å². The molecule has 2 unspecified atom stereocenters. The molecule has 0 spiro atoms. The molecule has 0 aliphatic heterocycles. The molecule has 0 bridgehead atoms. The highest BCUT2D eigenvalue weighted by Crippen LogP contribution is 2.69. The molecule has 0 saturated heterocycles. The van der Waals surface area contributed by atoms with Crippen molar-refractivity contribution in [3.05, 3.63) is 17.0 Å². The Labute approximate surface area is 264 Å². The van der Waals surface area contributed by atoms with Gasteiger partial charge in [0, 0.05) is 11.4 Å². The van der Waals surface area contributed by atoms with Crippen LogP contribution in [0.1, 0.15) is 111 Å². The first-order chi connectivity index (χ1) is 20.0. The smallest absolute Gasteiger partial charge is 0.328 e. The second kappa shape index (κ2) is 11.9. The lowest BCUT2D eigenvalue weighted by atomic mass is 9.41. The molecule has 4 N–H and O–H groups in total. The lowest BCUT2D eigenvalue weighted by molar-refractivity contribution is -0.203. The summed E-state index contributed by atoms with van der Waals surface area (Å²) in [5.74, 6) is 2.89. The van der Waals surface area contributed by atoms with Crippen LogP contribution in [0.4, 0.5) is 4.79 Å². The maximum Gasteiger partial charge on any atom is 0.328 e. The van der Waals surface area contributed by atoms with Gasteiger partial charge in [-0.15, -0.1) is 11.3 Å². The predicted octanol–water partition coefficient (Wildman–Crippen LogP) is 6.69. The van der Waals surface area contributed by atoms with Crippen molar-refractivity contribution >= 4 is 27.4 Å². The molecule has 43 heavy (non-hydrogen) atoms. The number of fused-ring (bicyclic) bond motifs is 5. The molecule has 5 rings (SSSR count). The molecule has 1 aromatic rings.